The second-order valence-electron chi connectivity index (χ2n) is 3.79. The summed E-state index contributed by atoms with van der Waals surface area (Å²) in [6, 6.07) is 0.0375. The Kier molecular flexibility index (Phi) is 2.68. The second-order valence-corrected chi connectivity index (χ2v) is 3.79. The van der Waals surface area contributed by atoms with E-state index in [1.54, 1.807) is 6.33 Å². The van der Waals surface area contributed by atoms with E-state index in [0.29, 0.717) is 0 Å². The molecule has 0 fully saturated rings. The Morgan fingerprint density at radius 1 is 1.67 bits per heavy atom. The van der Waals surface area contributed by atoms with Crippen molar-refractivity contribution in [1.82, 2.24) is 19.7 Å². The van der Waals surface area contributed by atoms with Crippen LogP contribution in [0.3, 0.4) is 0 Å². The van der Waals surface area contributed by atoms with Crippen LogP contribution < -0.4 is 5.73 Å². The van der Waals surface area contributed by atoms with Crippen molar-refractivity contribution < 1.29 is 0 Å². The summed E-state index contributed by atoms with van der Waals surface area (Å²) in [7, 11) is 0. The Balaban J connectivity index is 2.11. The molecule has 0 aliphatic carbocycles. The Morgan fingerprint density at radius 3 is 3.13 bits per heavy atom. The van der Waals surface area contributed by atoms with Gasteiger partial charge in [0.25, 0.3) is 0 Å². The molecular weight excluding hydrogens is 192 g/mol. The summed E-state index contributed by atoms with van der Waals surface area (Å²) in [6.45, 7) is 4.57. The van der Waals surface area contributed by atoms with Crippen molar-refractivity contribution in [2.24, 2.45) is 5.73 Å². The minimum absolute atomic E-state index is 0.0375. The zero-order valence-corrected chi connectivity index (χ0v) is 8.85. The van der Waals surface area contributed by atoms with Crippen molar-refractivity contribution in [1.29, 1.82) is 5.41 Å². The van der Waals surface area contributed by atoms with Crippen molar-refractivity contribution >= 4 is 5.84 Å². The first kappa shape index (κ1) is 10.1. The molecule has 6 nitrogen and oxygen atoms in total. The van der Waals surface area contributed by atoms with E-state index in [-0.39, 0.29) is 11.9 Å². The van der Waals surface area contributed by atoms with Crippen molar-refractivity contribution in [3.63, 3.8) is 0 Å². The largest absolute Gasteiger partial charge is 0.386 e. The van der Waals surface area contributed by atoms with Crippen LogP contribution in [-0.4, -0.2) is 38.1 Å². The molecule has 1 aliphatic rings. The van der Waals surface area contributed by atoms with E-state index in [9.17, 15) is 0 Å². The molecule has 3 N–H and O–H groups in total. The molecule has 6 heteroatoms. The molecule has 2 rings (SSSR count). The zero-order valence-electron chi connectivity index (χ0n) is 8.85. The first-order valence-corrected chi connectivity index (χ1v) is 5.17. The molecule has 1 aliphatic heterocycles. The summed E-state index contributed by atoms with van der Waals surface area (Å²) in [5.74, 6) is 1.20. The minimum Gasteiger partial charge on any atom is -0.386 e. The van der Waals surface area contributed by atoms with Gasteiger partial charge in [0, 0.05) is 13.1 Å². The molecule has 0 radical (unpaired) electrons. The van der Waals surface area contributed by atoms with Gasteiger partial charge in [0.1, 0.15) is 18.0 Å². The molecule has 0 aromatic carbocycles. The van der Waals surface area contributed by atoms with Gasteiger partial charge in [-0.2, -0.15) is 0 Å². The van der Waals surface area contributed by atoms with E-state index in [4.69, 9.17) is 11.1 Å². The van der Waals surface area contributed by atoms with Crippen LogP contribution in [0.15, 0.2) is 6.33 Å². The van der Waals surface area contributed by atoms with Gasteiger partial charge >= 0.3 is 0 Å². The van der Waals surface area contributed by atoms with Gasteiger partial charge in [-0.15, -0.1) is 10.2 Å². The monoisotopic (exact) mass is 208 g/mol. The lowest BCUT2D eigenvalue weighted by Crippen LogP contribution is -2.47. The lowest BCUT2D eigenvalue weighted by Gasteiger charge is -2.32. The quantitative estimate of drug-likeness (QED) is 0.532. The average Bonchev–Trinajstić information content (AvgIpc) is 2.65. The van der Waals surface area contributed by atoms with Crippen molar-refractivity contribution in [2.45, 2.75) is 32.5 Å². The molecule has 1 aromatic heterocycles. The highest BCUT2D eigenvalue weighted by Gasteiger charge is 2.24. The van der Waals surface area contributed by atoms with Crippen molar-refractivity contribution in [2.75, 3.05) is 6.54 Å². The molecule has 1 atom stereocenters. The van der Waals surface area contributed by atoms with Gasteiger partial charge in [-0.1, -0.05) is 6.92 Å². The number of hydrogen-bond donors (Lipinski definition) is 2. The molecule has 82 valence electrons. The van der Waals surface area contributed by atoms with Crippen LogP contribution in [0.5, 0.6) is 0 Å². The van der Waals surface area contributed by atoms with Gasteiger partial charge in [0.05, 0.1) is 12.6 Å². The van der Waals surface area contributed by atoms with Gasteiger partial charge < -0.3 is 10.3 Å². The molecule has 1 aromatic rings. The van der Waals surface area contributed by atoms with Crippen LogP contribution in [0.25, 0.3) is 0 Å². The van der Waals surface area contributed by atoms with Crippen LogP contribution in [0.2, 0.25) is 0 Å². The summed E-state index contributed by atoms with van der Waals surface area (Å²) in [5.41, 5.74) is 5.57. The molecule has 0 saturated heterocycles. The summed E-state index contributed by atoms with van der Waals surface area (Å²) in [6.07, 6.45) is 2.62. The standard InChI is InChI=1S/C9H16N6/c1-2-7(9(10)11)14-3-4-15-6-12-13-8(15)5-14/h6-7H,2-5H2,1H3,(H3,10,11). The molecule has 1 unspecified atom stereocenters. The normalized spacial score (nSPS) is 18.5. The molecule has 2 heterocycles. The lowest BCUT2D eigenvalue weighted by molar-refractivity contribution is 0.185. The number of nitrogens with two attached hydrogens (primary N) is 1. The van der Waals surface area contributed by atoms with Crippen molar-refractivity contribution in [3.8, 4) is 0 Å². The third-order valence-electron chi connectivity index (χ3n) is 2.85. The number of nitrogens with one attached hydrogen (secondary N) is 1. The summed E-state index contributed by atoms with van der Waals surface area (Å²) >= 11 is 0. The van der Waals surface area contributed by atoms with Gasteiger partial charge in [-0.25, -0.2) is 0 Å². The average molecular weight is 208 g/mol. The molecule has 0 saturated carbocycles. The zero-order chi connectivity index (χ0) is 10.8. The number of nitrogens with zero attached hydrogens (tertiary/aromatic N) is 4. The number of aromatic nitrogens is 3. The summed E-state index contributed by atoms with van der Waals surface area (Å²) in [5, 5.41) is 15.4. The Morgan fingerprint density at radius 2 is 2.47 bits per heavy atom. The number of hydrogen-bond acceptors (Lipinski definition) is 4. The van der Waals surface area contributed by atoms with Gasteiger partial charge in [-0.05, 0) is 6.42 Å². The van der Waals surface area contributed by atoms with Gasteiger partial charge in [0.2, 0.25) is 0 Å². The lowest BCUT2D eigenvalue weighted by atomic mass is 10.1. The topological polar surface area (TPSA) is 83.8 Å². The van der Waals surface area contributed by atoms with Gasteiger partial charge in [0.15, 0.2) is 0 Å². The van der Waals surface area contributed by atoms with Crippen LogP contribution in [0, 0.1) is 5.41 Å². The Bertz CT molecular complexity index is 357. The Hall–Kier alpha value is -1.43. The third kappa shape index (κ3) is 1.85. The van der Waals surface area contributed by atoms with E-state index in [1.165, 1.54) is 0 Å². The molecule has 0 bridgehead atoms. The van der Waals surface area contributed by atoms with Crippen LogP contribution in [0.4, 0.5) is 0 Å². The fourth-order valence-corrected chi connectivity index (χ4v) is 2.03. The van der Waals surface area contributed by atoms with E-state index >= 15 is 0 Å². The maximum atomic E-state index is 7.53. The maximum absolute atomic E-state index is 7.53. The highest BCUT2D eigenvalue weighted by Crippen LogP contribution is 2.14. The third-order valence-corrected chi connectivity index (χ3v) is 2.85. The van der Waals surface area contributed by atoms with E-state index in [2.05, 4.69) is 15.1 Å². The predicted octanol–water partition coefficient (Wildman–Crippen LogP) is -0.192. The highest BCUT2D eigenvalue weighted by atomic mass is 15.3. The molecule has 0 spiro atoms. The predicted molar refractivity (Wildman–Crippen MR) is 56.4 cm³/mol. The number of rotatable bonds is 3. The van der Waals surface area contributed by atoms with E-state index in [1.807, 2.05) is 11.5 Å². The van der Waals surface area contributed by atoms with Crippen LogP contribution in [-0.2, 0) is 13.1 Å². The fourth-order valence-electron chi connectivity index (χ4n) is 2.03. The smallest absolute Gasteiger partial charge is 0.147 e. The summed E-state index contributed by atoms with van der Waals surface area (Å²) < 4.78 is 2.04. The first-order chi connectivity index (χ1) is 7.22. The number of fused-ring (bicyclic) bond motifs is 1. The highest BCUT2D eigenvalue weighted by molar-refractivity contribution is 5.82. The first-order valence-electron chi connectivity index (χ1n) is 5.17. The molecule has 0 amide bonds. The minimum atomic E-state index is 0.0375. The second kappa shape index (κ2) is 3.98. The Labute approximate surface area is 88.6 Å². The maximum Gasteiger partial charge on any atom is 0.147 e. The fraction of sp³-hybridized carbons (Fsp3) is 0.667. The summed E-state index contributed by atoms with van der Waals surface area (Å²) in [4.78, 5) is 2.19. The van der Waals surface area contributed by atoms with Gasteiger partial charge in [-0.3, -0.25) is 10.3 Å². The van der Waals surface area contributed by atoms with Crippen molar-refractivity contribution in [3.05, 3.63) is 12.2 Å². The number of amidine groups is 1. The molecule has 15 heavy (non-hydrogen) atoms. The van der Waals surface area contributed by atoms with Crippen LogP contribution in [0.1, 0.15) is 19.2 Å². The van der Waals surface area contributed by atoms with E-state index in [0.717, 1.165) is 31.9 Å². The SMILES string of the molecule is CCC(C(=N)N)N1CCn2cnnc2C1. The molecular formula is C9H16N6. The van der Waals surface area contributed by atoms with E-state index < -0.39 is 0 Å². The van der Waals surface area contributed by atoms with Crippen LogP contribution >= 0.6 is 0 Å².